The standard InChI is InChI=1S/C31H37Cl2N3O4S/c1-3-26(20-35-15-6-16-41(35,39)40)36-29(21-11-13-23(32)14-12-21)27(22-7-4-8-24(33)17-22)19-31(2,30(36)38)18-25-9-5-10-28(37)34-25/h4-5,7-14,17,26-27,29,39-40H,3,6,15-16,18-20H2,1-2H3,(H,34,37). The zero-order valence-corrected chi connectivity index (χ0v) is 25.6. The second kappa shape index (κ2) is 12.1. The SMILES string of the molecule is CCC(CN1CCCS1(O)O)N1C(=O)C(C)(Cc2cccc(O)n2)CC(c2cccc(Cl)c2)C1c1ccc(Cl)cc1. The molecular formula is C31H37Cl2N3O4S. The number of nitrogens with zero attached hydrogens (tertiary/aromatic N) is 3. The number of hydrogen-bond donors (Lipinski definition) is 3. The quantitative estimate of drug-likeness (QED) is 0.241. The molecule has 41 heavy (non-hydrogen) atoms. The molecule has 2 aromatic carbocycles. The molecule has 0 spiro atoms. The van der Waals surface area contributed by atoms with Crippen LogP contribution in [0.1, 0.15) is 61.9 Å². The third-order valence-corrected chi connectivity index (χ3v) is 11.0. The fourth-order valence-electron chi connectivity index (χ4n) is 6.48. The van der Waals surface area contributed by atoms with E-state index in [4.69, 9.17) is 23.2 Å². The van der Waals surface area contributed by atoms with Gasteiger partial charge in [0, 0.05) is 53.3 Å². The molecule has 0 aliphatic carbocycles. The summed E-state index contributed by atoms with van der Waals surface area (Å²) in [7, 11) is -2.87. The van der Waals surface area contributed by atoms with E-state index in [1.54, 1.807) is 10.4 Å². The molecule has 2 saturated heterocycles. The monoisotopic (exact) mass is 617 g/mol. The summed E-state index contributed by atoms with van der Waals surface area (Å²) in [6.45, 7) is 4.95. The van der Waals surface area contributed by atoms with Gasteiger partial charge in [0.2, 0.25) is 11.8 Å². The highest BCUT2D eigenvalue weighted by molar-refractivity contribution is 8.22. The van der Waals surface area contributed by atoms with E-state index >= 15 is 0 Å². The van der Waals surface area contributed by atoms with Gasteiger partial charge in [0.1, 0.15) is 0 Å². The smallest absolute Gasteiger partial charge is 0.229 e. The average molecular weight is 619 g/mol. The van der Waals surface area contributed by atoms with Gasteiger partial charge >= 0.3 is 0 Å². The van der Waals surface area contributed by atoms with Crippen LogP contribution in [0.4, 0.5) is 0 Å². The summed E-state index contributed by atoms with van der Waals surface area (Å²) in [6.07, 6.45) is 2.21. The summed E-state index contributed by atoms with van der Waals surface area (Å²) in [4.78, 5) is 21.1. The van der Waals surface area contributed by atoms with Crippen molar-refractivity contribution in [2.75, 3.05) is 18.8 Å². The van der Waals surface area contributed by atoms with E-state index in [0.717, 1.165) is 11.1 Å². The Morgan fingerprint density at radius 1 is 1.05 bits per heavy atom. The number of hydrogen-bond acceptors (Lipinski definition) is 6. The van der Waals surface area contributed by atoms with Crippen LogP contribution in [-0.4, -0.2) is 59.2 Å². The molecule has 0 saturated carbocycles. The minimum absolute atomic E-state index is 0.0246. The molecule has 3 heterocycles. The lowest BCUT2D eigenvalue weighted by atomic mass is 9.66. The van der Waals surface area contributed by atoms with Crippen molar-refractivity contribution in [2.24, 2.45) is 5.41 Å². The number of pyridine rings is 1. The maximum absolute atomic E-state index is 14.8. The molecular weight excluding hydrogens is 581 g/mol. The molecule has 2 fully saturated rings. The summed E-state index contributed by atoms with van der Waals surface area (Å²) >= 11 is 12.8. The molecule has 4 unspecified atom stereocenters. The number of carbonyl (C=O) groups excluding carboxylic acids is 1. The molecule has 5 rings (SSSR count). The second-order valence-electron chi connectivity index (χ2n) is 11.4. The van der Waals surface area contributed by atoms with Gasteiger partial charge in [-0.2, -0.15) is 0 Å². The van der Waals surface area contributed by atoms with E-state index < -0.39 is 16.2 Å². The summed E-state index contributed by atoms with van der Waals surface area (Å²) < 4.78 is 23.3. The van der Waals surface area contributed by atoms with Gasteiger partial charge in [0.15, 0.2) is 0 Å². The predicted octanol–water partition coefficient (Wildman–Crippen LogP) is 7.55. The minimum atomic E-state index is -2.87. The molecule has 0 radical (unpaired) electrons. The topological polar surface area (TPSA) is 97.1 Å². The first-order valence-electron chi connectivity index (χ1n) is 14.0. The number of benzene rings is 2. The second-order valence-corrected chi connectivity index (χ2v) is 14.5. The number of likely N-dealkylation sites (tertiary alicyclic amines) is 1. The van der Waals surface area contributed by atoms with Crippen molar-refractivity contribution in [1.29, 1.82) is 0 Å². The fraction of sp³-hybridized carbons (Fsp3) is 0.419. The lowest BCUT2D eigenvalue weighted by Crippen LogP contribution is -2.58. The van der Waals surface area contributed by atoms with Crippen LogP contribution in [0.3, 0.4) is 0 Å². The van der Waals surface area contributed by atoms with Crippen molar-refractivity contribution in [2.45, 2.75) is 57.5 Å². The van der Waals surface area contributed by atoms with E-state index in [-0.39, 0.29) is 29.8 Å². The molecule has 1 aromatic heterocycles. The van der Waals surface area contributed by atoms with Gasteiger partial charge in [-0.3, -0.25) is 13.9 Å². The Morgan fingerprint density at radius 2 is 1.78 bits per heavy atom. The highest BCUT2D eigenvalue weighted by atomic mass is 35.5. The van der Waals surface area contributed by atoms with Crippen molar-refractivity contribution in [3.63, 3.8) is 0 Å². The Hall–Kier alpha value is -2.33. The zero-order valence-electron chi connectivity index (χ0n) is 23.3. The molecule has 7 nitrogen and oxygen atoms in total. The first kappa shape index (κ1) is 30.1. The lowest BCUT2D eigenvalue weighted by Gasteiger charge is -2.53. The number of carbonyl (C=O) groups is 1. The average Bonchev–Trinajstić information content (AvgIpc) is 3.26. The van der Waals surface area contributed by atoms with Crippen molar-refractivity contribution in [1.82, 2.24) is 14.2 Å². The Balaban J connectivity index is 1.65. The van der Waals surface area contributed by atoms with E-state index in [1.165, 1.54) is 6.07 Å². The van der Waals surface area contributed by atoms with Crippen LogP contribution in [0.25, 0.3) is 0 Å². The van der Waals surface area contributed by atoms with E-state index in [2.05, 4.69) is 11.1 Å². The summed E-state index contributed by atoms with van der Waals surface area (Å²) in [5, 5.41) is 11.3. The Kier molecular flexibility index (Phi) is 8.90. The summed E-state index contributed by atoms with van der Waals surface area (Å²) in [6, 6.07) is 19.9. The highest BCUT2D eigenvalue weighted by Gasteiger charge is 2.52. The largest absolute Gasteiger partial charge is 0.493 e. The molecule has 2 aliphatic rings. The number of piperidine rings is 1. The minimum Gasteiger partial charge on any atom is -0.493 e. The lowest BCUT2D eigenvalue weighted by molar-refractivity contribution is -0.155. The molecule has 3 aromatic rings. The molecule has 220 valence electrons. The van der Waals surface area contributed by atoms with Gasteiger partial charge in [-0.15, -0.1) is 10.8 Å². The maximum Gasteiger partial charge on any atom is 0.229 e. The van der Waals surface area contributed by atoms with E-state index in [1.807, 2.05) is 67.3 Å². The number of rotatable bonds is 8. The number of aromatic hydroxyl groups is 1. The summed E-state index contributed by atoms with van der Waals surface area (Å²) in [5.74, 6) is 0.123. The van der Waals surface area contributed by atoms with Crippen molar-refractivity contribution < 1.29 is 19.0 Å². The van der Waals surface area contributed by atoms with Crippen LogP contribution in [0, 0.1) is 5.41 Å². The number of aromatic nitrogens is 1. The highest BCUT2D eigenvalue weighted by Crippen LogP contribution is 2.53. The maximum atomic E-state index is 14.8. The number of halogens is 2. The molecule has 10 heteroatoms. The van der Waals surface area contributed by atoms with Crippen LogP contribution in [0.2, 0.25) is 10.0 Å². The molecule has 3 N–H and O–H groups in total. The van der Waals surface area contributed by atoms with Crippen LogP contribution >= 0.6 is 34.0 Å². The van der Waals surface area contributed by atoms with Crippen LogP contribution < -0.4 is 0 Å². The van der Waals surface area contributed by atoms with E-state index in [0.29, 0.717) is 60.3 Å². The first-order chi connectivity index (χ1) is 19.5. The third kappa shape index (κ3) is 6.38. The van der Waals surface area contributed by atoms with Gasteiger partial charge in [-0.25, -0.2) is 9.29 Å². The predicted molar refractivity (Wildman–Crippen MR) is 166 cm³/mol. The van der Waals surface area contributed by atoms with Crippen LogP contribution in [0.5, 0.6) is 5.88 Å². The van der Waals surface area contributed by atoms with Crippen molar-refractivity contribution >= 4 is 39.9 Å². The van der Waals surface area contributed by atoms with Gasteiger partial charge < -0.3 is 10.0 Å². The molecule has 2 aliphatic heterocycles. The van der Waals surface area contributed by atoms with Gasteiger partial charge in [0.25, 0.3) is 0 Å². The van der Waals surface area contributed by atoms with Gasteiger partial charge in [0.05, 0.1) is 17.2 Å². The number of amides is 1. The normalized spacial score (nSPS) is 26.2. The zero-order chi connectivity index (χ0) is 29.4. The Morgan fingerprint density at radius 3 is 2.41 bits per heavy atom. The van der Waals surface area contributed by atoms with Crippen molar-refractivity contribution in [3.8, 4) is 5.88 Å². The van der Waals surface area contributed by atoms with Gasteiger partial charge in [-0.05, 0) is 60.7 Å². The summed E-state index contributed by atoms with van der Waals surface area (Å²) in [5.41, 5.74) is 1.76. The van der Waals surface area contributed by atoms with Crippen molar-refractivity contribution in [3.05, 3.63) is 93.6 Å². The van der Waals surface area contributed by atoms with E-state index in [9.17, 15) is 19.0 Å². The molecule has 0 bridgehead atoms. The fourth-order valence-corrected chi connectivity index (χ4v) is 8.41. The van der Waals surface area contributed by atoms with Crippen LogP contribution in [0.15, 0.2) is 66.7 Å². The van der Waals surface area contributed by atoms with Gasteiger partial charge in [-0.1, -0.05) is 67.4 Å². The molecule has 4 atom stereocenters. The molecule has 1 amide bonds. The van der Waals surface area contributed by atoms with Crippen LogP contribution in [-0.2, 0) is 11.2 Å². The Bertz CT molecular complexity index is 1390. The Labute approximate surface area is 253 Å². The first-order valence-corrected chi connectivity index (χ1v) is 16.4. The third-order valence-electron chi connectivity index (χ3n) is 8.47.